The summed E-state index contributed by atoms with van der Waals surface area (Å²) < 4.78 is 0. The fraction of sp³-hybridized carbons (Fsp3) is 0.467. The first-order valence-electron chi connectivity index (χ1n) is 21.7. The van der Waals surface area contributed by atoms with Gasteiger partial charge in [0.25, 0.3) is 17.7 Å². The number of rotatable bonds is 8. The molecule has 63 heavy (non-hydrogen) atoms. The second-order valence-corrected chi connectivity index (χ2v) is 20.0. The second-order valence-electron chi connectivity index (χ2n) is 16.4. The first kappa shape index (κ1) is 46.7. The van der Waals surface area contributed by atoms with Gasteiger partial charge in [0.15, 0.2) is 5.78 Å². The molecule has 9 rings (SSSR count). The van der Waals surface area contributed by atoms with E-state index in [1.54, 1.807) is 67.3 Å². The van der Waals surface area contributed by atoms with Crippen LogP contribution in [0.1, 0.15) is 67.6 Å². The number of aromatic nitrogens is 4. The van der Waals surface area contributed by atoms with Crippen LogP contribution in [0.15, 0.2) is 73.3 Å². The average Bonchev–Trinajstić information content (AvgIpc) is 4.10. The number of hydrogen-bond acceptors (Lipinski definition) is 12. The standard InChI is InChI=1S/C25H31N5O2.C20H24N6O2.2ClH.Os/c1-17-14-23(17)29-10-12-30(13-11-29)25(32)20-5-9-28-22(16-20)21-15-19(4-8-27-21)24(31)18-2-6-26-7-3-18;27-19(25-9-5-21-6-10-25)15-1-3-23-17(13-15)18-14-16(2-4-24-18)20(28)26-11-7-22-8-12-26;;;/h4-5,8-9,15-18,23,26H,2-3,6-7,10-14H2,1H3;1-4,13-14,21-22H,5-12H2;2*1H;/q;;;;+2/p-2/t17?,23-;;;;/m0..../s1. The summed E-state index contributed by atoms with van der Waals surface area (Å²) in [6, 6.07) is 14.8. The Morgan fingerprint density at radius 2 is 0.873 bits per heavy atom. The van der Waals surface area contributed by atoms with E-state index in [1.165, 1.54) is 6.42 Å². The van der Waals surface area contributed by atoms with Crippen LogP contribution in [0.4, 0.5) is 0 Å². The van der Waals surface area contributed by atoms with Crippen molar-refractivity contribution in [1.82, 2.24) is 55.5 Å². The molecule has 4 aromatic rings. The number of halogens is 2. The molecule has 1 aliphatic carbocycles. The van der Waals surface area contributed by atoms with Crippen molar-refractivity contribution in [1.29, 1.82) is 0 Å². The fourth-order valence-electron chi connectivity index (χ4n) is 8.51. The molecule has 336 valence electrons. The maximum atomic E-state index is 13.1. The van der Waals surface area contributed by atoms with Gasteiger partial charge in [-0.3, -0.25) is 44.0 Å². The molecule has 4 saturated heterocycles. The van der Waals surface area contributed by atoms with Crippen molar-refractivity contribution in [2.24, 2.45) is 11.8 Å². The monoisotopic (exact) mass is 1080 g/mol. The normalized spacial score (nSPS) is 20.5. The van der Waals surface area contributed by atoms with E-state index >= 15 is 0 Å². The number of Topliss-reactive ketones (excluding diaryl/α,β-unsaturated/α-hetero) is 1. The van der Waals surface area contributed by atoms with Gasteiger partial charge in [-0.1, -0.05) is 6.92 Å². The van der Waals surface area contributed by atoms with Crippen LogP contribution in [0, 0.1) is 11.8 Å². The third-order valence-electron chi connectivity index (χ3n) is 12.2. The number of carbonyl (C=O) groups is 4. The van der Waals surface area contributed by atoms with Crippen molar-refractivity contribution in [3.63, 3.8) is 0 Å². The first-order chi connectivity index (χ1) is 30.7. The molecule has 15 nitrogen and oxygen atoms in total. The van der Waals surface area contributed by atoms with Crippen molar-refractivity contribution in [3.8, 4) is 22.8 Å². The molecule has 8 heterocycles. The van der Waals surface area contributed by atoms with Gasteiger partial charge >= 0.3 is 34.7 Å². The zero-order valence-electron chi connectivity index (χ0n) is 35.5. The third-order valence-corrected chi connectivity index (χ3v) is 12.2. The Labute approximate surface area is 384 Å². The summed E-state index contributed by atoms with van der Waals surface area (Å²) in [4.78, 5) is 77.3. The molecule has 5 fully saturated rings. The number of piperidine rings is 1. The van der Waals surface area contributed by atoms with Crippen molar-refractivity contribution in [2.75, 3.05) is 91.6 Å². The summed E-state index contributed by atoms with van der Waals surface area (Å²) in [5, 5.41) is 9.79. The molecule has 0 bridgehead atoms. The van der Waals surface area contributed by atoms with Crippen LogP contribution in [0.5, 0.6) is 0 Å². The molecule has 18 heteroatoms. The molecular formula is C45H55Cl2N11O4Os. The van der Waals surface area contributed by atoms with Gasteiger partial charge in [-0.2, -0.15) is 0 Å². The number of ketones is 1. The number of amides is 3. The molecule has 5 aliphatic rings. The third kappa shape index (κ3) is 12.5. The topological polar surface area (TPSA) is 169 Å². The zero-order valence-corrected chi connectivity index (χ0v) is 39.6. The Morgan fingerprint density at radius 3 is 1.25 bits per heavy atom. The van der Waals surface area contributed by atoms with Crippen molar-refractivity contribution < 1.29 is 34.6 Å². The number of pyridine rings is 4. The number of carbonyl (C=O) groups excluding carboxylic acids is 4. The number of nitrogens with zero attached hydrogens (tertiary/aromatic N) is 8. The minimum absolute atomic E-state index is 0.00167. The van der Waals surface area contributed by atoms with Gasteiger partial charge < -0.3 is 30.7 Å². The molecule has 1 saturated carbocycles. The molecule has 0 radical (unpaired) electrons. The van der Waals surface area contributed by atoms with Crippen LogP contribution in [-0.2, 0) is 15.4 Å². The summed E-state index contributed by atoms with van der Waals surface area (Å²) in [5.41, 5.74) is 4.92. The Balaban J connectivity index is 0.000000179. The van der Waals surface area contributed by atoms with E-state index in [4.69, 9.17) is 19.3 Å². The van der Waals surface area contributed by atoms with E-state index in [9.17, 15) is 19.2 Å². The second kappa shape index (κ2) is 23.1. The van der Waals surface area contributed by atoms with Gasteiger partial charge in [-0.05, 0) is 86.8 Å². The quantitative estimate of drug-likeness (QED) is 0.217. The van der Waals surface area contributed by atoms with Gasteiger partial charge in [0, 0.05) is 138 Å². The Bertz CT molecular complexity index is 2120. The van der Waals surface area contributed by atoms with Crippen LogP contribution in [0.3, 0.4) is 0 Å². The summed E-state index contributed by atoms with van der Waals surface area (Å²) in [6.07, 6.45) is 9.59. The van der Waals surface area contributed by atoms with E-state index in [0.717, 1.165) is 84.2 Å². The van der Waals surface area contributed by atoms with Gasteiger partial charge in [0.2, 0.25) is 0 Å². The summed E-state index contributed by atoms with van der Waals surface area (Å²) >= 11 is -0.639. The predicted octanol–water partition coefficient (Wildman–Crippen LogP) is 4.10. The van der Waals surface area contributed by atoms with Gasteiger partial charge in [-0.15, -0.1) is 0 Å². The van der Waals surface area contributed by atoms with Gasteiger partial charge in [0.1, 0.15) is 0 Å². The number of nitrogens with one attached hydrogen (secondary N) is 3. The summed E-state index contributed by atoms with van der Waals surface area (Å²) in [6.45, 7) is 13.5. The molecule has 3 N–H and O–H groups in total. The Kier molecular flexibility index (Phi) is 17.1. The van der Waals surface area contributed by atoms with Gasteiger partial charge in [0.05, 0.1) is 22.8 Å². The van der Waals surface area contributed by atoms with E-state index in [1.807, 2.05) is 20.8 Å². The van der Waals surface area contributed by atoms with Crippen molar-refractivity contribution in [3.05, 3.63) is 95.6 Å². The molecule has 0 aromatic carbocycles. The average molecular weight is 1080 g/mol. The molecule has 1 unspecified atom stereocenters. The van der Waals surface area contributed by atoms with Crippen LogP contribution >= 0.6 is 19.3 Å². The van der Waals surface area contributed by atoms with E-state index < -0.39 is 15.4 Å². The van der Waals surface area contributed by atoms with Crippen LogP contribution in [-0.4, -0.2) is 161 Å². The molecule has 4 aromatic heterocycles. The number of piperazine rings is 3. The van der Waals surface area contributed by atoms with Crippen molar-refractivity contribution in [2.45, 2.75) is 32.2 Å². The van der Waals surface area contributed by atoms with Gasteiger partial charge in [-0.25, -0.2) is 0 Å². The Hall–Kier alpha value is -4.26. The number of hydrogen-bond donors (Lipinski definition) is 3. The van der Waals surface area contributed by atoms with E-state index in [2.05, 4.69) is 47.7 Å². The minimum atomic E-state index is -0.639. The van der Waals surface area contributed by atoms with Crippen LogP contribution in [0.25, 0.3) is 22.8 Å². The molecule has 3 amide bonds. The predicted molar refractivity (Wildman–Crippen MR) is 239 cm³/mol. The summed E-state index contributed by atoms with van der Waals surface area (Å²) in [7, 11) is 9.81. The molecule has 4 aliphatic heterocycles. The summed E-state index contributed by atoms with van der Waals surface area (Å²) in [5.74, 6) is 1.07. The first-order valence-corrected chi connectivity index (χ1v) is 28.0. The van der Waals surface area contributed by atoms with E-state index in [-0.39, 0.29) is 29.4 Å². The maximum absolute atomic E-state index is 13.1. The molecular weight excluding hydrogens is 1020 g/mol. The SMILES string of the molecule is CC1C[C@@H]1N1CCN(C(=O)c2ccnc(-c3cc(C(=O)C4CCNCC4)ccn3)c2)CC1.O=C(c1ccnc(-c2cc(C(=O)N3CCNCC3)ccn2)c1)N1CCNCC1.[Cl][Os][Cl]. The Morgan fingerprint density at radius 1 is 0.540 bits per heavy atom. The van der Waals surface area contributed by atoms with Crippen molar-refractivity contribution >= 4 is 42.8 Å². The zero-order chi connectivity index (χ0) is 44.1. The fourth-order valence-corrected chi connectivity index (χ4v) is 8.51. The van der Waals surface area contributed by atoms with E-state index in [0.29, 0.717) is 77.3 Å². The molecule has 2 atom stereocenters. The molecule has 0 spiro atoms. The van der Waals surface area contributed by atoms with Crippen LogP contribution in [0.2, 0.25) is 0 Å². The van der Waals surface area contributed by atoms with Crippen LogP contribution < -0.4 is 16.0 Å².